The van der Waals surface area contributed by atoms with Gasteiger partial charge in [0.2, 0.25) is 5.75 Å². The number of carbonyl (C=O) groups is 1. The van der Waals surface area contributed by atoms with Crippen molar-refractivity contribution >= 4 is 5.91 Å². The zero-order valence-corrected chi connectivity index (χ0v) is 21.5. The van der Waals surface area contributed by atoms with Crippen molar-refractivity contribution in [1.29, 1.82) is 0 Å². The van der Waals surface area contributed by atoms with Crippen LogP contribution < -0.4 is 18.9 Å². The zero-order chi connectivity index (χ0) is 24.8. The van der Waals surface area contributed by atoms with E-state index in [4.69, 9.17) is 18.9 Å². The smallest absolute Gasteiger partial charge is 0.263 e. The van der Waals surface area contributed by atoms with Gasteiger partial charge in [0, 0.05) is 38.3 Å². The first-order chi connectivity index (χ1) is 16.3. The van der Waals surface area contributed by atoms with Crippen LogP contribution in [0.1, 0.15) is 43.4 Å². The standard InChI is InChI=1S/C27H38N2O5/c1-18(2)22-10-8-19(3)16-24(22)34-20(4)27(30)29-14-12-28(13-15-29)17-21-9-11-23(31-5)26(33-7)25(21)32-6/h8-11,16,18,20H,12-15,17H2,1-7H3. The molecule has 186 valence electrons. The number of hydrogen-bond acceptors (Lipinski definition) is 6. The molecule has 7 nitrogen and oxygen atoms in total. The quantitative estimate of drug-likeness (QED) is 0.546. The van der Waals surface area contributed by atoms with E-state index in [1.165, 1.54) is 0 Å². The minimum Gasteiger partial charge on any atom is -0.493 e. The Kier molecular flexibility index (Phi) is 8.67. The van der Waals surface area contributed by atoms with E-state index in [-0.39, 0.29) is 5.91 Å². The highest BCUT2D eigenvalue weighted by Gasteiger charge is 2.27. The molecule has 0 bridgehead atoms. The highest BCUT2D eigenvalue weighted by atomic mass is 16.5. The molecule has 7 heteroatoms. The van der Waals surface area contributed by atoms with Crippen molar-refractivity contribution < 1.29 is 23.7 Å². The van der Waals surface area contributed by atoms with Crippen molar-refractivity contribution in [2.24, 2.45) is 0 Å². The molecule has 2 aromatic rings. The van der Waals surface area contributed by atoms with E-state index in [0.717, 1.165) is 35.5 Å². The minimum atomic E-state index is -0.531. The van der Waals surface area contributed by atoms with Crippen LogP contribution in [0.15, 0.2) is 30.3 Å². The van der Waals surface area contributed by atoms with Crippen LogP contribution in [-0.2, 0) is 11.3 Å². The van der Waals surface area contributed by atoms with Crippen molar-refractivity contribution in [3.63, 3.8) is 0 Å². The van der Waals surface area contributed by atoms with Gasteiger partial charge in [0.1, 0.15) is 5.75 Å². The van der Waals surface area contributed by atoms with Gasteiger partial charge >= 0.3 is 0 Å². The number of piperazine rings is 1. The summed E-state index contributed by atoms with van der Waals surface area (Å²) in [7, 11) is 4.86. The van der Waals surface area contributed by atoms with Crippen LogP contribution in [0.2, 0.25) is 0 Å². The lowest BCUT2D eigenvalue weighted by Gasteiger charge is -2.36. The molecule has 1 fully saturated rings. The Bertz CT molecular complexity index is 983. The lowest BCUT2D eigenvalue weighted by molar-refractivity contribution is -0.139. The fraction of sp³-hybridized carbons (Fsp3) is 0.519. The normalized spacial score (nSPS) is 15.2. The lowest BCUT2D eigenvalue weighted by atomic mass is 10.0. The fourth-order valence-corrected chi connectivity index (χ4v) is 4.37. The average molecular weight is 471 g/mol. The molecule has 1 aliphatic heterocycles. The Morgan fingerprint density at radius 3 is 2.15 bits per heavy atom. The van der Waals surface area contributed by atoms with E-state index in [2.05, 4.69) is 30.9 Å². The predicted molar refractivity (Wildman–Crippen MR) is 133 cm³/mol. The van der Waals surface area contributed by atoms with Crippen LogP contribution in [0.3, 0.4) is 0 Å². The second kappa shape index (κ2) is 11.5. The summed E-state index contributed by atoms with van der Waals surface area (Å²) in [5.74, 6) is 3.08. The first-order valence-corrected chi connectivity index (χ1v) is 11.8. The molecule has 0 N–H and O–H groups in total. The van der Waals surface area contributed by atoms with E-state index in [9.17, 15) is 4.79 Å². The third-order valence-corrected chi connectivity index (χ3v) is 6.31. The van der Waals surface area contributed by atoms with Crippen LogP contribution in [0, 0.1) is 6.92 Å². The summed E-state index contributed by atoms with van der Waals surface area (Å²) in [5, 5.41) is 0. The lowest BCUT2D eigenvalue weighted by Crippen LogP contribution is -2.51. The van der Waals surface area contributed by atoms with Gasteiger partial charge in [-0.2, -0.15) is 0 Å². The molecule has 0 aromatic heterocycles. The number of benzene rings is 2. The topological polar surface area (TPSA) is 60.5 Å². The summed E-state index contributed by atoms with van der Waals surface area (Å²) in [6, 6.07) is 10.1. The minimum absolute atomic E-state index is 0.0274. The number of hydrogen-bond donors (Lipinski definition) is 0. The second-order valence-corrected chi connectivity index (χ2v) is 9.05. The van der Waals surface area contributed by atoms with E-state index >= 15 is 0 Å². The number of carbonyl (C=O) groups excluding carboxylic acids is 1. The predicted octanol–water partition coefficient (Wildman–Crippen LogP) is 4.26. The molecule has 0 aliphatic carbocycles. The van der Waals surface area contributed by atoms with Crippen molar-refractivity contribution in [2.45, 2.75) is 46.3 Å². The van der Waals surface area contributed by atoms with Crippen LogP contribution in [0.25, 0.3) is 0 Å². The van der Waals surface area contributed by atoms with Gasteiger partial charge in [0.15, 0.2) is 17.6 Å². The summed E-state index contributed by atoms with van der Waals surface area (Å²) in [6.45, 7) is 11.7. The van der Waals surface area contributed by atoms with Gasteiger partial charge in [-0.1, -0.05) is 32.0 Å². The van der Waals surface area contributed by atoms with Crippen molar-refractivity contribution in [2.75, 3.05) is 47.5 Å². The molecule has 2 aromatic carbocycles. The van der Waals surface area contributed by atoms with Gasteiger partial charge in [0.05, 0.1) is 21.3 Å². The van der Waals surface area contributed by atoms with Gasteiger partial charge in [-0.15, -0.1) is 0 Å². The van der Waals surface area contributed by atoms with Gasteiger partial charge in [-0.25, -0.2) is 0 Å². The van der Waals surface area contributed by atoms with Crippen LogP contribution in [-0.4, -0.2) is 69.3 Å². The van der Waals surface area contributed by atoms with Gasteiger partial charge in [-0.3, -0.25) is 9.69 Å². The summed E-state index contributed by atoms with van der Waals surface area (Å²) >= 11 is 0. The highest BCUT2D eigenvalue weighted by molar-refractivity contribution is 5.81. The van der Waals surface area contributed by atoms with E-state index in [1.54, 1.807) is 21.3 Å². The van der Waals surface area contributed by atoms with Gasteiger partial charge in [0.25, 0.3) is 5.91 Å². The molecule has 0 radical (unpaired) electrons. The first-order valence-electron chi connectivity index (χ1n) is 11.8. The molecule has 1 heterocycles. The molecule has 1 unspecified atom stereocenters. The molecular formula is C27H38N2O5. The largest absolute Gasteiger partial charge is 0.493 e. The van der Waals surface area contributed by atoms with Crippen LogP contribution in [0.5, 0.6) is 23.0 Å². The van der Waals surface area contributed by atoms with Crippen molar-refractivity contribution in [3.8, 4) is 23.0 Å². The maximum absolute atomic E-state index is 13.1. The zero-order valence-electron chi connectivity index (χ0n) is 21.5. The third kappa shape index (κ3) is 5.76. The first kappa shape index (κ1) is 25.7. The molecule has 1 atom stereocenters. The fourth-order valence-electron chi connectivity index (χ4n) is 4.37. The van der Waals surface area contributed by atoms with Crippen molar-refractivity contribution in [3.05, 3.63) is 47.0 Å². The van der Waals surface area contributed by atoms with E-state index in [1.807, 2.05) is 36.9 Å². The molecular weight excluding hydrogens is 432 g/mol. The number of rotatable bonds is 9. The molecule has 3 rings (SSSR count). The maximum atomic E-state index is 13.1. The Morgan fingerprint density at radius 2 is 1.56 bits per heavy atom. The monoisotopic (exact) mass is 470 g/mol. The van der Waals surface area contributed by atoms with Crippen LogP contribution in [0.4, 0.5) is 0 Å². The van der Waals surface area contributed by atoms with Crippen LogP contribution >= 0.6 is 0 Å². The second-order valence-electron chi connectivity index (χ2n) is 9.05. The number of aryl methyl sites for hydroxylation is 1. The van der Waals surface area contributed by atoms with Gasteiger partial charge < -0.3 is 23.8 Å². The number of ether oxygens (including phenoxy) is 4. The average Bonchev–Trinajstić information content (AvgIpc) is 2.83. The number of amides is 1. The molecule has 1 aliphatic rings. The summed E-state index contributed by atoms with van der Waals surface area (Å²) < 4.78 is 22.7. The molecule has 34 heavy (non-hydrogen) atoms. The Labute approximate surface area is 203 Å². The molecule has 1 amide bonds. The Hall–Kier alpha value is -2.93. The van der Waals surface area contributed by atoms with E-state index < -0.39 is 6.10 Å². The Morgan fingerprint density at radius 1 is 0.882 bits per heavy atom. The highest BCUT2D eigenvalue weighted by Crippen LogP contribution is 2.40. The molecule has 0 saturated carbocycles. The summed E-state index contributed by atoms with van der Waals surface area (Å²) in [4.78, 5) is 17.3. The number of methoxy groups -OCH3 is 3. The van der Waals surface area contributed by atoms with Crippen molar-refractivity contribution in [1.82, 2.24) is 9.80 Å². The van der Waals surface area contributed by atoms with E-state index in [0.29, 0.717) is 42.8 Å². The summed E-state index contributed by atoms with van der Waals surface area (Å²) in [5.41, 5.74) is 3.27. The SMILES string of the molecule is COc1ccc(CN2CCN(C(=O)C(C)Oc3cc(C)ccc3C(C)C)CC2)c(OC)c1OC. The summed E-state index contributed by atoms with van der Waals surface area (Å²) in [6.07, 6.45) is -0.531. The molecule has 0 spiro atoms. The molecule has 1 saturated heterocycles. The van der Waals surface area contributed by atoms with Gasteiger partial charge in [-0.05, 0) is 43.0 Å². The number of nitrogens with zero attached hydrogens (tertiary/aromatic N) is 2. The Balaban J connectivity index is 1.61. The third-order valence-electron chi connectivity index (χ3n) is 6.31. The maximum Gasteiger partial charge on any atom is 0.263 e.